The van der Waals surface area contributed by atoms with E-state index in [0.717, 1.165) is 28.4 Å². The van der Waals surface area contributed by atoms with Crippen LogP contribution in [0.5, 0.6) is 5.75 Å². The first-order chi connectivity index (χ1) is 11.7. The van der Waals surface area contributed by atoms with Crippen molar-refractivity contribution in [3.05, 3.63) is 72.3 Å². The van der Waals surface area contributed by atoms with Crippen molar-refractivity contribution in [3.63, 3.8) is 0 Å². The highest BCUT2D eigenvalue weighted by molar-refractivity contribution is 7.99. The van der Waals surface area contributed by atoms with Crippen LogP contribution in [0.3, 0.4) is 0 Å². The molecule has 24 heavy (non-hydrogen) atoms. The second-order valence-electron chi connectivity index (χ2n) is 5.30. The first kappa shape index (κ1) is 18.1. The van der Waals surface area contributed by atoms with Crippen LogP contribution < -0.4 is 10.1 Å². The number of amides is 1. The normalized spacial score (nSPS) is 11.6. The molecule has 0 saturated heterocycles. The molecule has 1 amide bonds. The number of benzene rings is 2. The Morgan fingerprint density at radius 2 is 1.96 bits per heavy atom. The largest absolute Gasteiger partial charge is 0.497 e. The summed E-state index contributed by atoms with van der Waals surface area (Å²) in [4.78, 5) is 13.7. The lowest BCUT2D eigenvalue weighted by molar-refractivity contribution is 0.0932. The van der Waals surface area contributed by atoms with Gasteiger partial charge in [-0.15, -0.1) is 18.3 Å². The van der Waals surface area contributed by atoms with Crippen LogP contribution >= 0.6 is 11.8 Å². The molecule has 0 aromatic heterocycles. The summed E-state index contributed by atoms with van der Waals surface area (Å²) in [7, 11) is 1.64. The van der Waals surface area contributed by atoms with Crippen molar-refractivity contribution in [2.45, 2.75) is 24.3 Å². The lowest BCUT2D eigenvalue weighted by atomic mass is 10.0. The summed E-state index contributed by atoms with van der Waals surface area (Å²) in [5.41, 5.74) is 1.78. The molecule has 0 aliphatic heterocycles. The Kier molecular flexibility index (Phi) is 6.94. The minimum Gasteiger partial charge on any atom is -0.497 e. The molecule has 1 atom stereocenters. The van der Waals surface area contributed by atoms with Gasteiger partial charge in [0.1, 0.15) is 5.75 Å². The second-order valence-corrected chi connectivity index (χ2v) is 6.37. The second kappa shape index (κ2) is 9.18. The zero-order valence-electron chi connectivity index (χ0n) is 14.1. The van der Waals surface area contributed by atoms with Gasteiger partial charge < -0.3 is 10.1 Å². The fraction of sp³-hybridized carbons (Fsp3) is 0.250. The van der Waals surface area contributed by atoms with Crippen LogP contribution in [-0.4, -0.2) is 18.8 Å². The van der Waals surface area contributed by atoms with E-state index in [9.17, 15) is 4.79 Å². The Morgan fingerprint density at radius 1 is 1.25 bits per heavy atom. The molecule has 2 rings (SSSR count). The van der Waals surface area contributed by atoms with Gasteiger partial charge in [0.25, 0.3) is 5.91 Å². The molecule has 0 spiro atoms. The van der Waals surface area contributed by atoms with E-state index in [-0.39, 0.29) is 11.9 Å². The summed E-state index contributed by atoms with van der Waals surface area (Å²) in [6, 6.07) is 15.5. The fourth-order valence-corrected chi connectivity index (χ4v) is 3.21. The Bertz CT molecular complexity index is 682. The number of methoxy groups -OCH3 is 1. The summed E-state index contributed by atoms with van der Waals surface area (Å²) in [5, 5.41) is 3.13. The van der Waals surface area contributed by atoms with E-state index in [2.05, 4.69) is 18.8 Å². The Morgan fingerprint density at radius 3 is 2.58 bits per heavy atom. The van der Waals surface area contributed by atoms with E-state index >= 15 is 0 Å². The lowest BCUT2D eigenvalue weighted by Crippen LogP contribution is -2.28. The highest BCUT2D eigenvalue weighted by atomic mass is 32.2. The molecule has 126 valence electrons. The molecule has 1 N–H and O–H groups in total. The van der Waals surface area contributed by atoms with Crippen molar-refractivity contribution >= 4 is 17.7 Å². The maximum Gasteiger partial charge on any atom is 0.252 e. The smallest absolute Gasteiger partial charge is 0.252 e. The molecule has 3 nitrogen and oxygen atoms in total. The summed E-state index contributed by atoms with van der Waals surface area (Å²) in [6.07, 6.45) is 2.66. The molecular formula is C20H23NO2S. The number of hydrogen-bond donors (Lipinski definition) is 1. The summed E-state index contributed by atoms with van der Waals surface area (Å²) < 4.78 is 5.19. The lowest BCUT2D eigenvalue weighted by Gasteiger charge is -2.19. The third kappa shape index (κ3) is 4.65. The van der Waals surface area contributed by atoms with Crippen molar-refractivity contribution in [2.24, 2.45) is 0 Å². The number of ether oxygens (including phenoxy) is 1. The number of nitrogens with one attached hydrogen (secondary N) is 1. The highest BCUT2D eigenvalue weighted by Gasteiger charge is 2.16. The molecule has 1 unspecified atom stereocenters. The average Bonchev–Trinajstić information content (AvgIpc) is 2.64. The Balaban J connectivity index is 2.15. The van der Waals surface area contributed by atoms with Crippen LogP contribution in [0, 0.1) is 0 Å². The van der Waals surface area contributed by atoms with E-state index < -0.39 is 0 Å². The van der Waals surface area contributed by atoms with Gasteiger partial charge in [-0.05, 0) is 36.2 Å². The molecule has 0 aliphatic carbocycles. The molecular weight excluding hydrogens is 318 g/mol. The Hall–Kier alpha value is -2.20. The first-order valence-electron chi connectivity index (χ1n) is 7.97. The first-order valence-corrected chi connectivity index (χ1v) is 8.95. The van der Waals surface area contributed by atoms with E-state index in [0.29, 0.717) is 5.56 Å². The minimum absolute atomic E-state index is 0.0270. The number of carbonyl (C=O) groups is 1. The van der Waals surface area contributed by atoms with Gasteiger partial charge in [-0.1, -0.05) is 37.3 Å². The molecule has 0 aliphatic rings. The summed E-state index contributed by atoms with van der Waals surface area (Å²) in [6.45, 7) is 5.80. The van der Waals surface area contributed by atoms with E-state index in [4.69, 9.17) is 4.74 Å². The average molecular weight is 341 g/mol. The fourth-order valence-electron chi connectivity index (χ4n) is 2.42. The van der Waals surface area contributed by atoms with Crippen LogP contribution in [-0.2, 0) is 0 Å². The van der Waals surface area contributed by atoms with Crippen molar-refractivity contribution < 1.29 is 9.53 Å². The zero-order chi connectivity index (χ0) is 17.4. The van der Waals surface area contributed by atoms with E-state index in [1.165, 1.54) is 0 Å². The third-order valence-corrected chi connectivity index (χ3v) is 4.79. The van der Waals surface area contributed by atoms with Gasteiger partial charge in [0.15, 0.2) is 0 Å². The Labute approximate surface area is 148 Å². The maximum atomic E-state index is 12.7. The molecule has 0 bridgehead atoms. The van der Waals surface area contributed by atoms with E-state index in [1.54, 1.807) is 18.9 Å². The predicted octanol–water partition coefficient (Wildman–Crippen LogP) is 4.85. The SMILES string of the molecule is C=CCSc1ccccc1C(=O)NC(CC)c1ccc(OC)cc1. The van der Waals surface area contributed by atoms with Crippen molar-refractivity contribution in [2.75, 3.05) is 12.9 Å². The van der Waals surface area contributed by atoms with Crippen LogP contribution in [0.15, 0.2) is 66.1 Å². The van der Waals surface area contributed by atoms with Crippen LogP contribution in [0.25, 0.3) is 0 Å². The maximum absolute atomic E-state index is 12.7. The van der Waals surface area contributed by atoms with Gasteiger partial charge in [0, 0.05) is 10.6 Å². The van der Waals surface area contributed by atoms with Crippen molar-refractivity contribution in [1.82, 2.24) is 5.32 Å². The predicted molar refractivity (Wildman–Crippen MR) is 101 cm³/mol. The van der Waals surface area contributed by atoms with E-state index in [1.807, 2.05) is 54.6 Å². The number of thioether (sulfide) groups is 1. The highest BCUT2D eigenvalue weighted by Crippen LogP contribution is 2.25. The molecule has 4 heteroatoms. The van der Waals surface area contributed by atoms with Gasteiger partial charge in [-0.3, -0.25) is 4.79 Å². The number of rotatable bonds is 8. The van der Waals surface area contributed by atoms with Gasteiger partial charge in [-0.2, -0.15) is 0 Å². The third-order valence-electron chi connectivity index (χ3n) is 3.72. The summed E-state index contributed by atoms with van der Waals surface area (Å²) in [5.74, 6) is 1.54. The van der Waals surface area contributed by atoms with Gasteiger partial charge in [0.05, 0.1) is 18.7 Å². The minimum atomic E-state index is -0.0511. The van der Waals surface area contributed by atoms with Gasteiger partial charge in [0.2, 0.25) is 0 Å². The van der Waals surface area contributed by atoms with Gasteiger partial charge in [-0.25, -0.2) is 0 Å². The molecule has 0 radical (unpaired) electrons. The number of hydrogen-bond acceptors (Lipinski definition) is 3. The standard InChI is InChI=1S/C20H23NO2S/c1-4-14-24-19-9-7-6-8-17(19)20(22)21-18(5-2)15-10-12-16(23-3)13-11-15/h4,6-13,18H,1,5,14H2,2-3H3,(H,21,22). The van der Waals surface area contributed by atoms with Crippen LogP contribution in [0.1, 0.15) is 35.3 Å². The van der Waals surface area contributed by atoms with Gasteiger partial charge >= 0.3 is 0 Å². The molecule has 2 aromatic carbocycles. The van der Waals surface area contributed by atoms with Crippen LogP contribution in [0.4, 0.5) is 0 Å². The number of carbonyl (C=O) groups excluding carboxylic acids is 1. The molecule has 0 saturated carbocycles. The quantitative estimate of drug-likeness (QED) is 0.551. The summed E-state index contributed by atoms with van der Waals surface area (Å²) >= 11 is 1.62. The topological polar surface area (TPSA) is 38.3 Å². The van der Waals surface area contributed by atoms with Crippen LogP contribution in [0.2, 0.25) is 0 Å². The molecule has 0 heterocycles. The monoisotopic (exact) mass is 341 g/mol. The molecule has 2 aromatic rings. The zero-order valence-corrected chi connectivity index (χ0v) is 14.9. The van der Waals surface area contributed by atoms with Crippen molar-refractivity contribution in [3.8, 4) is 5.75 Å². The molecule has 0 fully saturated rings. The van der Waals surface area contributed by atoms with Crippen molar-refractivity contribution in [1.29, 1.82) is 0 Å².